The van der Waals surface area contributed by atoms with Gasteiger partial charge in [0.15, 0.2) is 0 Å². The van der Waals surface area contributed by atoms with E-state index in [1.54, 1.807) is 6.92 Å². The molecule has 1 saturated heterocycles. The minimum atomic E-state index is -4.64. The van der Waals surface area contributed by atoms with Crippen LogP contribution in [0.5, 0.6) is 0 Å². The molecular formula is C27H24ClF4N7O4. The van der Waals surface area contributed by atoms with Crippen molar-refractivity contribution >= 4 is 40.6 Å². The average molecular weight is 622 g/mol. The third kappa shape index (κ3) is 5.83. The molecule has 2 amide bonds. The summed E-state index contributed by atoms with van der Waals surface area (Å²) in [4.78, 5) is 39.1. The number of imidazole rings is 1. The van der Waals surface area contributed by atoms with E-state index in [2.05, 4.69) is 20.3 Å². The summed E-state index contributed by atoms with van der Waals surface area (Å²) in [5, 5.41) is 12.1. The van der Waals surface area contributed by atoms with Crippen LogP contribution in [-0.2, 0) is 15.7 Å². The first kappa shape index (κ1) is 30.1. The van der Waals surface area contributed by atoms with Crippen LogP contribution in [-0.4, -0.2) is 66.5 Å². The summed E-state index contributed by atoms with van der Waals surface area (Å²) >= 11 is 6.46. The van der Waals surface area contributed by atoms with Gasteiger partial charge in [-0.05, 0) is 44.2 Å². The van der Waals surface area contributed by atoms with E-state index in [-0.39, 0.29) is 64.1 Å². The number of anilines is 2. The SMILES string of the molecule is C[C@H](O)C(=O)N1C[C@H](c2nc(-c3ccc(C(=O)Nc4cc(C(F)(F)F)ccn4)cc3F)c3c(N)ncc(Cl)n23)OC[C@@H]1C. The summed E-state index contributed by atoms with van der Waals surface area (Å²) < 4.78 is 62.0. The molecule has 3 aromatic heterocycles. The molecule has 1 aliphatic rings. The fraction of sp³-hybridized carbons (Fsp3) is 0.296. The number of fused-ring (bicyclic) bond motifs is 1. The molecule has 0 bridgehead atoms. The van der Waals surface area contributed by atoms with E-state index in [9.17, 15) is 27.9 Å². The Morgan fingerprint density at radius 3 is 2.65 bits per heavy atom. The van der Waals surface area contributed by atoms with Gasteiger partial charge in [-0.25, -0.2) is 19.3 Å². The Hall–Kier alpha value is -4.34. The number of alkyl halides is 3. The van der Waals surface area contributed by atoms with E-state index in [1.165, 1.54) is 34.6 Å². The molecule has 11 nitrogen and oxygen atoms in total. The predicted molar refractivity (Wildman–Crippen MR) is 147 cm³/mol. The van der Waals surface area contributed by atoms with Gasteiger partial charge in [0.25, 0.3) is 11.8 Å². The minimum Gasteiger partial charge on any atom is -0.384 e. The summed E-state index contributed by atoms with van der Waals surface area (Å²) in [6.07, 6.45) is -4.56. The van der Waals surface area contributed by atoms with Gasteiger partial charge in [0.1, 0.15) is 51.8 Å². The lowest BCUT2D eigenvalue weighted by atomic mass is 10.1. The van der Waals surface area contributed by atoms with Crippen molar-refractivity contribution < 1.29 is 37.0 Å². The highest BCUT2D eigenvalue weighted by Crippen LogP contribution is 2.36. The first-order valence-corrected chi connectivity index (χ1v) is 13.2. The maximum Gasteiger partial charge on any atom is 0.416 e. The van der Waals surface area contributed by atoms with E-state index in [0.717, 1.165) is 18.3 Å². The Morgan fingerprint density at radius 1 is 1.23 bits per heavy atom. The fourth-order valence-electron chi connectivity index (χ4n) is 4.71. The number of aliphatic hydroxyl groups is 1. The van der Waals surface area contributed by atoms with Gasteiger partial charge in [0.05, 0.1) is 31.0 Å². The van der Waals surface area contributed by atoms with Crippen LogP contribution in [0.25, 0.3) is 16.8 Å². The smallest absolute Gasteiger partial charge is 0.384 e. The number of benzene rings is 1. The highest BCUT2D eigenvalue weighted by molar-refractivity contribution is 6.30. The lowest BCUT2D eigenvalue weighted by Gasteiger charge is -2.38. The first-order chi connectivity index (χ1) is 20.3. The summed E-state index contributed by atoms with van der Waals surface area (Å²) in [6.45, 7) is 3.24. The number of nitrogen functional groups attached to an aromatic ring is 1. The molecular weight excluding hydrogens is 598 g/mol. The Bertz CT molecular complexity index is 1730. The van der Waals surface area contributed by atoms with Gasteiger partial charge in [-0.2, -0.15) is 13.2 Å². The van der Waals surface area contributed by atoms with Crippen molar-refractivity contribution in [1.29, 1.82) is 0 Å². The second-order valence-corrected chi connectivity index (χ2v) is 10.3. The molecule has 0 unspecified atom stereocenters. The highest BCUT2D eigenvalue weighted by Gasteiger charge is 2.36. The number of hydrogen-bond acceptors (Lipinski definition) is 8. The molecule has 0 aliphatic carbocycles. The normalized spacial score (nSPS) is 18.1. The number of aromatic nitrogens is 4. The number of rotatable bonds is 5. The van der Waals surface area contributed by atoms with E-state index < -0.39 is 41.6 Å². The van der Waals surface area contributed by atoms with Crippen LogP contribution in [0, 0.1) is 5.82 Å². The molecule has 4 N–H and O–H groups in total. The van der Waals surface area contributed by atoms with Crippen LogP contribution in [0.3, 0.4) is 0 Å². The van der Waals surface area contributed by atoms with E-state index in [1.807, 2.05) is 0 Å². The Labute approximate surface area is 246 Å². The fourth-order valence-corrected chi connectivity index (χ4v) is 4.93. The average Bonchev–Trinajstić information content (AvgIpc) is 3.36. The van der Waals surface area contributed by atoms with Gasteiger partial charge in [-0.15, -0.1) is 0 Å². The van der Waals surface area contributed by atoms with Crippen molar-refractivity contribution in [3.05, 3.63) is 70.6 Å². The van der Waals surface area contributed by atoms with Crippen molar-refractivity contribution in [3.8, 4) is 11.3 Å². The second kappa shape index (κ2) is 11.4. The third-order valence-electron chi connectivity index (χ3n) is 6.85. The van der Waals surface area contributed by atoms with E-state index >= 15 is 4.39 Å². The largest absolute Gasteiger partial charge is 0.416 e. The molecule has 0 radical (unpaired) electrons. The Kier molecular flexibility index (Phi) is 7.98. The van der Waals surface area contributed by atoms with Gasteiger partial charge in [-0.3, -0.25) is 14.0 Å². The van der Waals surface area contributed by atoms with Gasteiger partial charge >= 0.3 is 6.18 Å². The lowest BCUT2D eigenvalue weighted by Crippen LogP contribution is -2.51. The maximum atomic E-state index is 15.6. The number of aliphatic hydroxyl groups excluding tert-OH is 1. The number of carbonyl (C=O) groups is 2. The van der Waals surface area contributed by atoms with Crippen LogP contribution >= 0.6 is 11.6 Å². The molecule has 3 atom stereocenters. The number of nitrogens with zero attached hydrogens (tertiary/aromatic N) is 5. The van der Waals surface area contributed by atoms with E-state index in [4.69, 9.17) is 22.1 Å². The quantitative estimate of drug-likeness (QED) is 0.282. The summed E-state index contributed by atoms with van der Waals surface area (Å²) in [5.74, 6) is -2.53. The zero-order chi connectivity index (χ0) is 31.2. The van der Waals surface area contributed by atoms with Crippen molar-refractivity contribution in [2.45, 2.75) is 38.3 Å². The number of ether oxygens (including phenoxy) is 1. The van der Waals surface area contributed by atoms with Gasteiger partial charge in [0, 0.05) is 17.3 Å². The van der Waals surface area contributed by atoms with Gasteiger partial charge in [-0.1, -0.05) is 11.6 Å². The molecule has 4 aromatic rings. The Morgan fingerprint density at radius 2 is 1.98 bits per heavy atom. The van der Waals surface area contributed by atoms with Crippen LogP contribution in [0.1, 0.15) is 41.7 Å². The molecule has 1 aliphatic heterocycles. The van der Waals surface area contributed by atoms with E-state index in [0.29, 0.717) is 6.07 Å². The number of pyridine rings is 1. The second-order valence-electron chi connectivity index (χ2n) is 9.88. The summed E-state index contributed by atoms with van der Waals surface area (Å²) in [5.41, 5.74) is 5.01. The first-order valence-electron chi connectivity index (χ1n) is 12.8. The molecule has 226 valence electrons. The van der Waals surface area contributed by atoms with Crippen molar-refractivity contribution in [3.63, 3.8) is 0 Å². The van der Waals surface area contributed by atoms with Crippen molar-refractivity contribution in [2.75, 3.05) is 24.2 Å². The molecule has 16 heteroatoms. The molecule has 43 heavy (non-hydrogen) atoms. The molecule has 4 heterocycles. The number of amides is 2. The number of hydrogen-bond donors (Lipinski definition) is 3. The minimum absolute atomic E-state index is 0.00712. The van der Waals surface area contributed by atoms with Crippen molar-refractivity contribution in [1.82, 2.24) is 24.3 Å². The molecule has 1 fully saturated rings. The topological polar surface area (TPSA) is 148 Å². The number of morpholine rings is 1. The van der Waals surface area contributed by atoms with Gasteiger partial charge in [0.2, 0.25) is 0 Å². The summed E-state index contributed by atoms with van der Waals surface area (Å²) in [6, 6.07) is 4.46. The van der Waals surface area contributed by atoms with Crippen LogP contribution in [0.4, 0.5) is 29.2 Å². The number of nitrogens with two attached hydrogens (primary N) is 1. The van der Waals surface area contributed by atoms with Gasteiger partial charge < -0.3 is 25.8 Å². The number of carbonyl (C=O) groups excluding carboxylic acids is 2. The van der Waals surface area contributed by atoms with Crippen molar-refractivity contribution in [2.24, 2.45) is 0 Å². The zero-order valence-electron chi connectivity index (χ0n) is 22.6. The lowest BCUT2D eigenvalue weighted by molar-refractivity contribution is -0.152. The maximum absolute atomic E-state index is 15.6. The molecule has 1 aromatic carbocycles. The molecule has 0 saturated carbocycles. The Balaban J connectivity index is 1.50. The third-order valence-corrected chi connectivity index (χ3v) is 7.11. The standard InChI is InChI=1S/C27H24ClF4N7O4/c1-12-11-43-18(10-38(12)26(42)13(2)40)24-37-21(22-23(33)35-9-19(28)39(22)24)16-4-3-14(7-17(16)29)25(41)36-20-8-15(5-6-34-20)27(30,31)32/h3-9,12-13,18,40H,10-11H2,1-2H3,(H2,33,35)(H,34,36,41)/t12-,13-,18+/m0/s1. The number of halogens is 5. The summed E-state index contributed by atoms with van der Waals surface area (Å²) in [7, 11) is 0. The monoisotopic (exact) mass is 621 g/mol. The zero-order valence-corrected chi connectivity index (χ0v) is 23.3. The van der Waals surface area contributed by atoms with Crippen LogP contribution < -0.4 is 11.1 Å². The predicted octanol–water partition coefficient (Wildman–Crippen LogP) is 4.11. The van der Waals surface area contributed by atoms with Crippen LogP contribution in [0.15, 0.2) is 42.7 Å². The highest BCUT2D eigenvalue weighted by atomic mass is 35.5. The number of nitrogens with one attached hydrogen (secondary N) is 1. The molecule has 0 spiro atoms. The van der Waals surface area contributed by atoms with Crippen LogP contribution in [0.2, 0.25) is 5.15 Å². The molecule has 5 rings (SSSR count).